The molecule has 0 unspecified atom stereocenters. The van der Waals surface area contributed by atoms with E-state index in [4.69, 9.17) is 0 Å². The SMILES string of the molecule is O=C(CCC(=O)N1CCCSCC1)Nc1c(F)cccc1F. The van der Waals surface area contributed by atoms with Crippen LogP contribution in [0.1, 0.15) is 19.3 Å². The van der Waals surface area contributed by atoms with Crippen LogP contribution in [0.25, 0.3) is 0 Å². The number of carbonyl (C=O) groups excluding carboxylic acids is 2. The second-order valence-corrected chi connectivity index (χ2v) is 6.22. The number of anilines is 1. The van der Waals surface area contributed by atoms with Gasteiger partial charge in [0.25, 0.3) is 0 Å². The number of amides is 2. The maximum Gasteiger partial charge on any atom is 0.225 e. The van der Waals surface area contributed by atoms with E-state index in [9.17, 15) is 18.4 Å². The minimum absolute atomic E-state index is 0.0482. The lowest BCUT2D eigenvalue weighted by Crippen LogP contribution is -2.33. The van der Waals surface area contributed by atoms with Crippen molar-refractivity contribution in [2.75, 3.05) is 29.9 Å². The van der Waals surface area contributed by atoms with Crippen molar-refractivity contribution in [3.05, 3.63) is 29.8 Å². The van der Waals surface area contributed by atoms with Gasteiger partial charge in [0, 0.05) is 31.7 Å². The van der Waals surface area contributed by atoms with Crippen molar-refractivity contribution in [2.45, 2.75) is 19.3 Å². The number of para-hydroxylation sites is 1. The van der Waals surface area contributed by atoms with Crippen LogP contribution in [0.2, 0.25) is 0 Å². The smallest absolute Gasteiger partial charge is 0.225 e. The Morgan fingerprint density at radius 2 is 1.86 bits per heavy atom. The largest absolute Gasteiger partial charge is 0.342 e. The van der Waals surface area contributed by atoms with Crippen LogP contribution in [-0.2, 0) is 9.59 Å². The first kappa shape index (κ1) is 16.7. The minimum Gasteiger partial charge on any atom is -0.342 e. The molecule has 2 amide bonds. The monoisotopic (exact) mass is 328 g/mol. The zero-order valence-electron chi connectivity index (χ0n) is 12.1. The number of hydrogen-bond acceptors (Lipinski definition) is 3. The van der Waals surface area contributed by atoms with Crippen LogP contribution in [0, 0.1) is 11.6 Å². The molecule has 0 aliphatic carbocycles. The average Bonchev–Trinajstić information content (AvgIpc) is 2.78. The van der Waals surface area contributed by atoms with Crippen molar-refractivity contribution in [2.24, 2.45) is 0 Å². The molecule has 1 N–H and O–H groups in total. The van der Waals surface area contributed by atoms with Crippen LogP contribution in [0.3, 0.4) is 0 Å². The highest BCUT2D eigenvalue weighted by Gasteiger charge is 2.18. The molecule has 0 bridgehead atoms. The lowest BCUT2D eigenvalue weighted by molar-refractivity contribution is -0.132. The van der Waals surface area contributed by atoms with Gasteiger partial charge < -0.3 is 10.2 Å². The lowest BCUT2D eigenvalue weighted by atomic mass is 10.2. The van der Waals surface area contributed by atoms with Gasteiger partial charge in [0.1, 0.15) is 17.3 Å². The number of nitrogens with zero attached hydrogens (tertiary/aromatic N) is 1. The summed E-state index contributed by atoms with van der Waals surface area (Å²) in [4.78, 5) is 25.5. The van der Waals surface area contributed by atoms with Crippen LogP contribution in [0.4, 0.5) is 14.5 Å². The number of carbonyl (C=O) groups is 2. The molecule has 4 nitrogen and oxygen atoms in total. The lowest BCUT2D eigenvalue weighted by Gasteiger charge is -2.19. The predicted octanol–water partition coefficient (Wildman–Crippen LogP) is 2.65. The van der Waals surface area contributed by atoms with Gasteiger partial charge in [0.05, 0.1) is 0 Å². The normalized spacial score (nSPS) is 15.3. The molecule has 0 aromatic heterocycles. The van der Waals surface area contributed by atoms with Gasteiger partial charge in [0.15, 0.2) is 0 Å². The second kappa shape index (κ2) is 8.12. The van der Waals surface area contributed by atoms with Gasteiger partial charge in [-0.2, -0.15) is 11.8 Å². The van der Waals surface area contributed by atoms with Gasteiger partial charge in [0.2, 0.25) is 11.8 Å². The number of halogens is 2. The highest BCUT2D eigenvalue weighted by molar-refractivity contribution is 7.99. The molecule has 0 spiro atoms. The third-order valence-corrected chi connectivity index (χ3v) is 4.42. The molecule has 7 heteroatoms. The number of rotatable bonds is 4. The van der Waals surface area contributed by atoms with E-state index < -0.39 is 23.2 Å². The van der Waals surface area contributed by atoms with E-state index in [1.54, 1.807) is 4.90 Å². The Balaban J connectivity index is 1.83. The topological polar surface area (TPSA) is 49.4 Å². The third kappa shape index (κ3) is 4.69. The van der Waals surface area contributed by atoms with Crippen LogP contribution in [-0.4, -0.2) is 41.3 Å². The molecule has 22 heavy (non-hydrogen) atoms. The van der Waals surface area contributed by atoms with Crippen molar-refractivity contribution in [1.82, 2.24) is 4.90 Å². The summed E-state index contributed by atoms with van der Waals surface area (Å²) in [5, 5.41) is 2.19. The molecule has 1 aromatic rings. The second-order valence-electron chi connectivity index (χ2n) is 4.99. The van der Waals surface area contributed by atoms with Gasteiger partial charge in [-0.1, -0.05) is 6.07 Å². The van der Waals surface area contributed by atoms with E-state index in [1.165, 1.54) is 6.07 Å². The summed E-state index contributed by atoms with van der Waals surface area (Å²) in [5.41, 5.74) is -0.467. The van der Waals surface area contributed by atoms with Crippen LogP contribution in [0.15, 0.2) is 18.2 Å². The first-order valence-electron chi connectivity index (χ1n) is 7.17. The van der Waals surface area contributed by atoms with Crippen molar-refractivity contribution >= 4 is 29.3 Å². The van der Waals surface area contributed by atoms with E-state index in [1.807, 2.05) is 11.8 Å². The third-order valence-electron chi connectivity index (χ3n) is 3.37. The number of hydrogen-bond donors (Lipinski definition) is 1. The Bertz CT molecular complexity index is 526. The van der Waals surface area contributed by atoms with E-state index >= 15 is 0 Å². The number of nitrogens with one attached hydrogen (secondary N) is 1. The zero-order chi connectivity index (χ0) is 15.9. The summed E-state index contributed by atoms with van der Waals surface area (Å²) < 4.78 is 26.8. The van der Waals surface area contributed by atoms with Gasteiger partial charge in [-0.3, -0.25) is 9.59 Å². The first-order chi connectivity index (χ1) is 10.6. The quantitative estimate of drug-likeness (QED) is 0.924. The number of benzene rings is 1. The molecular formula is C15H18F2N2O2S. The van der Waals surface area contributed by atoms with Gasteiger partial charge in [-0.05, 0) is 24.3 Å². The molecule has 1 aromatic carbocycles. The van der Waals surface area contributed by atoms with Crippen molar-refractivity contribution < 1.29 is 18.4 Å². The standard InChI is InChI=1S/C15H18F2N2O2S/c16-11-3-1-4-12(17)15(11)18-13(20)5-6-14(21)19-7-2-9-22-10-8-19/h1,3-4H,2,5-10H2,(H,18,20). The fraction of sp³-hybridized carbons (Fsp3) is 0.467. The summed E-state index contributed by atoms with van der Waals surface area (Å²) in [6.45, 7) is 1.39. The number of thioether (sulfide) groups is 1. The summed E-state index contributed by atoms with van der Waals surface area (Å²) in [5.74, 6) is -0.378. The van der Waals surface area contributed by atoms with E-state index in [0.29, 0.717) is 13.1 Å². The molecule has 0 atom stereocenters. The molecule has 2 rings (SSSR count). The summed E-state index contributed by atoms with van der Waals surface area (Å²) in [6.07, 6.45) is 0.909. The molecule has 1 saturated heterocycles. The van der Waals surface area contributed by atoms with E-state index in [0.717, 1.165) is 30.1 Å². The predicted molar refractivity (Wildman–Crippen MR) is 82.7 cm³/mol. The molecular weight excluding hydrogens is 310 g/mol. The maximum absolute atomic E-state index is 13.4. The minimum atomic E-state index is -0.829. The van der Waals surface area contributed by atoms with Crippen molar-refractivity contribution in [1.29, 1.82) is 0 Å². The zero-order valence-corrected chi connectivity index (χ0v) is 12.9. The van der Waals surface area contributed by atoms with Crippen LogP contribution in [0.5, 0.6) is 0 Å². The van der Waals surface area contributed by atoms with E-state index in [2.05, 4.69) is 5.32 Å². The van der Waals surface area contributed by atoms with Gasteiger partial charge >= 0.3 is 0 Å². The molecule has 1 aliphatic rings. The molecule has 0 radical (unpaired) electrons. The van der Waals surface area contributed by atoms with Crippen molar-refractivity contribution in [3.8, 4) is 0 Å². The average molecular weight is 328 g/mol. The van der Waals surface area contributed by atoms with E-state index in [-0.39, 0.29) is 18.7 Å². The molecule has 1 fully saturated rings. The van der Waals surface area contributed by atoms with Gasteiger partial charge in [-0.25, -0.2) is 8.78 Å². The summed E-state index contributed by atoms with van der Waals surface area (Å²) in [7, 11) is 0. The fourth-order valence-electron chi connectivity index (χ4n) is 2.19. The molecule has 1 heterocycles. The molecule has 0 saturated carbocycles. The van der Waals surface area contributed by atoms with Gasteiger partial charge in [-0.15, -0.1) is 0 Å². The Morgan fingerprint density at radius 1 is 1.14 bits per heavy atom. The Kier molecular flexibility index (Phi) is 6.18. The summed E-state index contributed by atoms with van der Waals surface area (Å²) >= 11 is 1.81. The molecule has 1 aliphatic heterocycles. The first-order valence-corrected chi connectivity index (χ1v) is 8.33. The highest BCUT2D eigenvalue weighted by atomic mass is 32.2. The Labute approximate surface area is 132 Å². The van der Waals surface area contributed by atoms with Crippen LogP contribution >= 0.6 is 11.8 Å². The highest BCUT2D eigenvalue weighted by Crippen LogP contribution is 2.18. The van der Waals surface area contributed by atoms with Crippen molar-refractivity contribution in [3.63, 3.8) is 0 Å². The summed E-state index contributed by atoms with van der Waals surface area (Å²) in [6, 6.07) is 3.36. The fourth-order valence-corrected chi connectivity index (χ4v) is 3.08. The Hall–Kier alpha value is -1.63. The molecule has 120 valence electrons. The Morgan fingerprint density at radius 3 is 2.59 bits per heavy atom. The maximum atomic E-state index is 13.4. The van der Waals surface area contributed by atoms with Crippen LogP contribution < -0.4 is 5.32 Å².